The second kappa shape index (κ2) is 6.41. The molecule has 0 bridgehead atoms. The molecule has 0 spiro atoms. The minimum atomic E-state index is -0.296. The molecule has 100 valence electrons. The van der Waals surface area contributed by atoms with E-state index in [9.17, 15) is 9.90 Å². The predicted octanol–water partition coefficient (Wildman–Crippen LogP) is 1.99. The SMILES string of the molecule is O=C(Nc1ccc(C#CCO)cc1)c1cccc(O)c1. The van der Waals surface area contributed by atoms with Crippen molar-refractivity contribution in [3.05, 3.63) is 59.7 Å². The molecule has 4 heteroatoms. The molecule has 0 heterocycles. The van der Waals surface area contributed by atoms with Gasteiger partial charge < -0.3 is 15.5 Å². The predicted molar refractivity (Wildman–Crippen MR) is 76.5 cm³/mol. The molecule has 0 aromatic heterocycles. The van der Waals surface area contributed by atoms with Crippen LogP contribution in [0.15, 0.2) is 48.5 Å². The Morgan fingerprint density at radius 2 is 1.90 bits per heavy atom. The van der Waals surface area contributed by atoms with E-state index in [2.05, 4.69) is 17.2 Å². The van der Waals surface area contributed by atoms with Gasteiger partial charge in [0.25, 0.3) is 5.91 Å². The molecule has 0 fully saturated rings. The molecule has 2 aromatic rings. The van der Waals surface area contributed by atoms with Gasteiger partial charge in [-0.25, -0.2) is 0 Å². The van der Waals surface area contributed by atoms with Crippen molar-refractivity contribution in [3.8, 4) is 17.6 Å². The summed E-state index contributed by atoms with van der Waals surface area (Å²) in [6.45, 7) is -0.185. The average Bonchev–Trinajstić information content (AvgIpc) is 2.46. The summed E-state index contributed by atoms with van der Waals surface area (Å²) in [5, 5.41) is 20.7. The lowest BCUT2D eigenvalue weighted by molar-refractivity contribution is 0.102. The molecule has 1 amide bonds. The Kier molecular flexibility index (Phi) is 4.38. The quantitative estimate of drug-likeness (QED) is 0.729. The van der Waals surface area contributed by atoms with E-state index in [0.717, 1.165) is 5.56 Å². The Labute approximate surface area is 116 Å². The minimum Gasteiger partial charge on any atom is -0.508 e. The molecular formula is C16H13NO3. The zero-order valence-electron chi connectivity index (χ0n) is 10.6. The molecule has 0 atom stereocenters. The van der Waals surface area contributed by atoms with E-state index in [1.54, 1.807) is 36.4 Å². The van der Waals surface area contributed by atoms with E-state index in [0.29, 0.717) is 11.3 Å². The largest absolute Gasteiger partial charge is 0.508 e. The second-order valence-corrected chi connectivity index (χ2v) is 4.04. The van der Waals surface area contributed by atoms with Crippen LogP contribution in [-0.4, -0.2) is 22.7 Å². The number of phenols is 1. The molecule has 0 aliphatic carbocycles. The number of benzene rings is 2. The van der Waals surface area contributed by atoms with Gasteiger partial charge in [-0.05, 0) is 42.5 Å². The number of anilines is 1. The van der Waals surface area contributed by atoms with E-state index in [4.69, 9.17) is 5.11 Å². The molecule has 0 aliphatic rings. The Morgan fingerprint density at radius 3 is 2.55 bits per heavy atom. The second-order valence-electron chi connectivity index (χ2n) is 4.04. The molecule has 2 rings (SSSR count). The summed E-state index contributed by atoms with van der Waals surface area (Å²) < 4.78 is 0. The number of phenolic OH excluding ortho intramolecular Hbond substituents is 1. The maximum Gasteiger partial charge on any atom is 0.255 e. The first-order chi connectivity index (χ1) is 9.69. The molecule has 0 saturated heterocycles. The lowest BCUT2D eigenvalue weighted by atomic mass is 10.1. The third-order valence-corrected chi connectivity index (χ3v) is 2.56. The third kappa shape index (κ3) is 3.61. The van der Waals surface area contributed by atoms with Crippen molar-refractivity contribution in [1.82, 2.24) is 0 Å². The highest BCUT2D eigenvalue weighted by molar-refractivity contribution is 6.04. The van der Waals surface area contributed by atoms with Crippen molar-refractivity contribution in [2.75, 3.05) is 11.9 Å². The molecule has 0 saturated carbocycles. The topological polar surface area (TPSA) is 69.6 Å². The number of hydrogen-bond acceptors (Lipinski definition) is 3. The molecular weight excluding hydrogens is 254 g/mol. The van der Waals surface area contributed by atoms with E-state index in [-0.39, 0.29) is 18.3 Å². The first kappa shape index (κ1) is 13.7. The van der Waals surface area contributed by atoms with E-state index < -0.39 is 0 Å². The highest BCUT2D eigenvalue weighted by atomic mass is 16.3. The summed E-state index contributed by atoms with van der Waals surface area (Å²) >= 11 is 0. The molecule has 2 aromatic carbocycles. The first-order valence-corrected chi connectivity index (χ1v) is 5.99. The van der Waals surface area contributed by atoms with Gasteiger partial charge in [0.2, 0.25) is 0 Å². The van der Waals surface area contributed by atoms with E-state index in [1.807, 2.05) is 0 Å². The van der Waals surface area contributed by atoms with Crippen LogP contribution in [0.2, 0.25) is 0 Å². The molecule has 0 radical (unpaired) electrons. The van der Waals surface area contributed by atoms with Crippen LogP contribution in [0.4, 0.5) is 5.69 Å². The van der Waals surface area contributed by atoms with Gasteiger partial charge in [0.15, 0.2) is 0 Å². The van der Waals surface area contributed by atoms with Crippen molar-refractivity contribution < 1.29 is 15.0 Å². The Hall–Kier alpha value is -2.77. The van der Waals surface area contributed by atoms with Gasteiger partial charge in [0, 0.05) is 16.8 Å². The van der Waals surface area contributed by atoms with Gasteiger partial charge in [-0.1, -0.05) is 17.9 Å². The molecule has 4 nitrogen and oxygen atoms in total. The zero-order chi connectivity index (χ0) is 14.4. The number of aromatic hydroxyl groups is 1. The lowest BCUT2D eigenvalue weighted by Crippen LogP contribution is -2.11. The van der Waals surface area contributed by atoms with Crippen molar-refractivity contribution in [2.24, 2.45) is 0 Å². The fourth-order valence-electron chi connectivity index (χ4n) is 1.63. The van der Waals surface area contributed by atoms with Crippen LogP contribution in [0.5, 0.6) is 5.75 Å². The van der Waals surface area contributed by atoms with Crippen molar-refractivity contribution in [1.29, 1.82) is 0 Å². The number of aliphatic hydroxyl groups excluding tert-OH is 1. The summed E-state index contributed by atoms with van der Waals surface area (Å²) in [5.74, 6) is 5.07. The minimum absolute atomic E-state index is 0.0484. The number of carbonyl (C=O) groups is 1. The Morgan fingerprint density at radius 1 is 1.15 bits per heavy atom. The maximum atomic E-state index is 11.9. The number of amides is 1. The Bertz CT molecular complexity index is 666. The monoisotopic (exact) mass is 267 g/mol. The summed E-state index contributed by atoms with van der Waals surface area (Å²) in [7, 11) is 0. The van der Waals surface area contributed by atoms with Crippen molar-refractivity contribution in [2.45, 2.75) is 0 Å². The van der Waals surface area contributed by atoms with Crippen molar-refractivity contribution >= 4 is 11.6 Å². The van der Waals surface area contributed by atoms with Gasteiger partial charge >= 0.3 is 0 Å². The molecule has 0 unspecified atom stereocenters. The fraction of sp³-hybridized carbons (Fsp3) is 0.0625. The van der Waals surface area contributed by atoms with Crippen LogP contribution >= 0.6 is 0 Å². The summed E-state index contributed by atoms with van der Waals surface area (Å²) in [5.41, 5.74) is 1.77. The summed E-state index contributed by atoms with van der Waals surface area (Å²) in [6.07, 6.45) is 0. The summed E-state index contributed by atoms with van der Waals surface area (Å²) in [4.78, 5) is 11.9. The maximum absolute atomic E-state index is 11.9. The zero-order valence-corrected chi connectivity index (χ0v) is 10.6. The molecule has 3 N–H and O–H groups in total. The van der Waals surface area contributed by atoms with E-state index >= 15 is 0 Å². The van der Waals surface area contributed by atoms with E-state index in [1.165, 1.54) is 12.1 Å². The first-order valence-electron chi connectivity index (χ1n) is 5.99. The summed E-state index contributed by atoms with van der Waals surface area (Å²) in [6, 6.07) is 13.1. The van der Waals surface area contributed by atoms with Crippen LogP contribution in [-0.2, 0) is 0 Å². The fourth-order valence-corrected chi connectivity index (χ4v) is 1.63. The van der Waals surface area contributed by atoms with Crippen LogP contribution in [0, 0.1) is 11.8 Å². The van der Waals surface area contributed by atoms with Gasteiger partial charge in [-0.3, -0.25) is 4.79 Å². The van der Waals surface area contributed by atoms with Gasteiger partial charge in [0.05, 0.1) is 0 Å². The number of carbonyl (C=O) groups excluding carboxylic acids is 1. The average molecular weight is 267 g/mol. The highest BCUT2D eigenvalue weighted by Crippen LogP contribution is 2.14. The number of rotatable bonds is 2. The lowest BCUT2D eigenvalue weighted by Gasteiger charge is -2.05. The van der Waals surface area contributed by atoms with Crippen LogP contribution < -0.4 is 5.32 Å². The van der Waals surface area contributed by atoms with Crippen LogP contribution in [0.25, 0.3) is 0 Å². The standard InChI is InChI=1S/C16H13NO3/c18-10-2-3-12-6-8-14(9-7-12)17-16(20)13-4-1-5-15(19)11-13/h1,4-9,11,18-19H,10H2,(H,17,20). The Balaban J connectivity index is 2.08. The normalized spacial score (nSPS) is 9.45. The molecule has 0 aliphatic heterocycles. The smallest absolute Gasteiger partial charge is 0.255 e. The van der Waals surface area contributed by atoms with Crippen LogP contribution in [0.3, 0.4) is 0 Å². The van der Waals surface area contributed by atoms with Crippen LogP contribution in [0.1, 0.15) is 15.9 Å². The van der Waals surface area contributed by atoms with Gasteiger partial charge in [-0.2, -0.15) is 0 Å². The highest BCUT2D eigenvalue weighted by Gasteiger charge is 2.06. The molecule has 20 heavy (non-hydrogen) atoms. The van der Waals surface area contributed by atoms with Crippen molar-refractivity contribution in [3.63, 3.8) is 0 Å². The van der Waals surface area contributed by atoms with Gasteiger partial charge in [0.1, 0.15) is 12.4 Å². The third-order valence-electron chi connectivity index (χ3n) is 2.56. The number of aliphatic hydroxyl groups is 1. The number of hydrogen-bond donors (Lipinski definition) is 3. The van der Waals surface area contributed by atoms with Gasteiger partial charge in [-0.15, -0.1) is 0 Å². The number of nitrogens with one attached hydrogen (secondary N) is 1.